The summed E-state index contributed by atoms with van der Waals surface area (Å²) in [5.74, 6) is 1.59. The van der Waals surface area contributed by atoms with Gasteiger partial charge in [0.05, 0.1) is 32.9 Å². The highest BCUT2D eigenvalue weighted by atomic mass is 79.9. The van der Waals surface area contributed by atoms with Crippen LogP contribution in [0.25, 0.3) is 0 Å². The summed E-state index contributed by atoms with van der Waals surface area (Å²) in [7, 11) is 4.61. The Bertz CT molecular complexity index is 1250. The Morgan fingerprint density at radius 1 is 1.06 bits per heavy atom. The van der Waals surface area contributed by atoms with Crippen LogP contribution in [0.4, 0.5) is 5.69 Å². The molecule has 9 heteroatoms. The lowest BCUT2D eigenvalue weighted by Crippen LogP contribution is -2.44. The van der Waals surface area contributed by atoms with Crippen LogP contribution in [-0.4, -0.2) is 50.5 Å². The van der Waals surface area contributed by atoms with Crippen LogP contribution in [0.1, 0.15) is 27.5 Å². The Morgan fingerprint density at radius 2 is 1.78 bits per heavy atom. The summed E-state index contributed by atoms with van der Waals surface area (Å²) in [6.45, 7) is 1.04. The molecule has 7 nitrogen and oxygen atoms in total. The topological polar surface area (TPSA) is 69.3 Å². The molecule has 3 aromatic rings. The molecule has 0 saturated carbocycles. The number of nitrogens with one attached hydrogen (secondary N) is 1. The number of carbonyl (C=O) groups excluding carboxylic acids is 1. The van der Waals surface area contributed by atoms with Crippen molar-refractivity contribution >= 4 is 44.9 Å². The first-order valence-corrected chi connectivity index (χ1v) is 12.5. The van der Waals surface area contributed by atoms with Crippen molar-refractivity contribution in [1.29, 1.82) is 0 Å². The minimum absolute atomic E-state index is 0.180. The lowest BCUT2D eigenvalue weighted by molar-refractivity contribution is 0.0600. The molecule has 188 valence electrons. The fourth-order valence-electron chi connectivity index (χ4n) is 4.19. The standard InChI is InChI=1S/C27H27BrN2O5S/c1-32-24-13-18-11-12-30(27(36)29-20-6-4-5-19(28)14-20)23(22(18)15-25(24)33-2)16-35-21-9-7-17(8-10-21)26(31)34-3/h4-10,13-15,23H,11-12,16H2,1-3H3,(H,29,36)/t23-/m0/s1. The summed E-state index contributed by atoms with van der Waals surface area (Å²) >= 11 is 9.35. The molecule has 36 heavy (non-hydrogen) atoms. The van der Waals surface area contributed by atoms with Gasteiger partial charge in [-0.3, -0.25) is 0 Å². The third-order valence-corrected chi connectivity index (χ3v) is 6.85. The molecule has 1 atom stereocenters. The summed E-state index contributed by atoms with van der Waals surface area (Å²) in [5.41, 5.74) is 3.57. The van der Waals surface area contributed by atoms with E-state index in [1.807, 2.05) is 36.4 Å². The number of carbonyl (C=O) groups is 1. The van der Waals surface area contributed by atoms with Crippen molar-refractivity contribution in [3.8, 4) is 17.2 Å². The Hall–Kier alpha value is -3.30. The summed E-state index contributed by atoms with van der Waals surface area (Å²) in [5, 5.41) is 3.95. The van der Waals surface area contributed by atoms with Gasteiger partial charge in [0, 0.05) is 16.7 Å². The highest BCUT2D eigenvalue weighted by Gasteiger charge is 2.31. The van der Waals surface area contributed by atoms with Crippen LogP contribution in [0.3, 0.4) is 0 Å². The molecule has 0 saturated heterocycles. The number of ether oxygens (including phenoxy) is 4. The molecule has 0 aromatic heterocycles. The number of rotatable bonds is 7. The van der Waals surface area contributed by atoms with Gasteiger partial charge in [0.1, 0.15) is 12.4 Å². The molecular formula is C27H27BrN2O5S. The molecule has 0 aliphatic carbocycles. The number of halogens is 1. The van der Waals surface area contributed by atoms with E-state index in [2.05, 4.69) is 26.1 Å². The predicted molar refractivity (Wildman–Crippen MR) is 146 cm³/mol. The molecule has 0 unspecified atom stereocenters. The van der Waals surface area contributed by atoms with E-state index in [9.17, 15) is 4.79 Å². The van der Waals surface area contributed by atoms with Crippen LogP contribution in [0.5, 0.6) is 17.2 Å². The number of fused-ring (bicyclic) bond motifs is 1. The highest BCUT2D eigenvalue weighted by Crippen LogP contribution is 2.38. The molecule has 1 aliphatic heterocycles. The van der Waals surface area contributed by atoms with Crippen molar-refractivity contribution in [2.75, 3.05) is 39.8 Å². The summed E-state index contributed by atoms with van der Waals surface area (Å²) in [6.07, 6.45) is 0.792. The number of nitrogens with zero attached hydrogens (tertiary/aromatic N) is 1. The lowest BCUT2D eigenvalue weighted by atomic mass is 9.92. The monoisotopic (exact) mass is 570 g/mol. The number of anilines is 1. The molecule has 1 aliphatic rings. The molecule has 0 amide bonds. The zero-order chi connectivity index (χ0) is 25.7. The number of methoxy groups -OCH3 is 3. The molecule has 4 rings (SSSR count). The highest BCUT2D eigenvalue weighted by molar-refractivity contribution is 9.10. The van der Waals surface area contributed by atoms with Gasteiger partial charge >= 0.3 is 5.97 Å². The SMILES string of the molecule is COC(=O)c1ccc(OC[C@H]2c3cc(OC)c(OC)cc3CCN2C(=S)Nc2cccc(Br)c2)cc1. The quantitative estimate of drug-likeness (QED) is 0.289. The van der Waals surface area contributed by atoms with E-state index in [0.29, 0.717) is 41.1 Å². The normalized spacial score (nSPS) is 14.4. The van der Waals surface area contributed by atoms with Crippen LogP contribution in [0.2, 0.25) is 0 Å². The first kappa shape index (κ1) is 25.8. The van der Waals surface area contributed by atoms with E-state index in [1.165, 1.54) is 7.11 Å². The number of hydrogen-bond donors (Lipinski definition) is 1. The first-order chi connectivity index (χ1) is 17.4. The number of thiocarbonyl (C=S) groups is 1. The van der Waals surface area contributed by atoms with E-state index in [0.717, 1.165) is 27.7 Å². The van der Waals surface area contributed by atoms with Gasteiger partial charge in [-0.25, -0.2) is 4.79 Å². The Balaban J connectivity index is 1.62. The van der Waals surface area contributed by atoms with Crippen LogP contribution in [0, 0.1) is 0 Å². The van der Waals surface area contributed by atoms with Gasteiger partial charge in [0.25, 0.3) is 0 Å². The molecule has 3 aromatic carbocycles. The zero-order valence-corrected chi connectivity index (χ0v) is 22.6. The third kappa shape index (κ3) is 5.74. The Morgan fingerprint density at radius 3 is 2.44 bits per heavy atom. The first-order valence-electron chi connectivity index (χ1n) is 11.3. The van der Waals surface area contributed by atoms with Crippen LogP contribution >= 0.6 is 28.1 Å². The molecule has 0 spiro atoms. The maximum absolute atomic E-state index is 11.8. The fraction of sp³-hybridized carbons (Fsp3) is 0.259. The van der Waals surface area contributed by atoms with Gasteiger partial charge < -0.3 is 29.2 Å². The second kappa shape index (κ2) is 11.6. The number of hydrogen-bond acceptors (Lipinski definition) is 6. The van der Waals surface area contributed by atoms with E-state index < -0.39 is 0 Å². The molecule has 1 heterocycles. The van der Waals surface area contributed by atoms with Gasteiger partial charge in [-0.1, -0.05) is 22.0 Å². The number of esters is 1. The summed E-state index contributed by atoms with van der Waals surface area (Å²) in [4.78, 5) is 13.9. The van der Waals surface area contributed by atoms with Gasteiger partial charge in [-0.15, -0.1) is 0 Å². The zero-order valence-electron chi connectivity index (χ0n) is 20.2. The van der Waals surface area contributed by atoms with E-state index >= 15 is 0 Å². The van der Waals surface area contributed by atoms with Crippen molar-refractivity contribution in [3.63, 3.8) is 0 Å². The third-order valence-electron chi connectivity index (χ3n) is 6.02. The van der Waals surface area contributed by atoms with E-state index in [4.69, 9.17) is 31.2 Å². The van der Waals surface area contributed by atoms with Crippen molar-refractivity contribution < 1.29 is 23.7 Å². The average molecular weight is 571 g/mol. The lowest BCUT2D eigenvalue weighted by Gasteiger charge is -2.39. The van der Waals surface area contributed by atoms with Crippen molar-refractivity contribution in [3.05, 3.63) is 81.8 Å². The Labute approximate surface area is 224 Å². The maximum Gasteiger partial charge on any atom is 0.337 e. The average Bonchev–Trinajstić information content (AvgIpc) is 2.90. The summed E-state index contributed by atoms with van der Waals surface area (Å²) < 4.78 is 23.0. The smallest absolute Gasteiger partial charge is 0.337 e. The van der Waals surface area contributed by atoms with Crippen LogP contribution < -0.4 is 19.5 Å². The molecule has 0 bridgehead atoms. The van der Waals surface area contributed by atoms with Gasteiger partial charge in [-0.2, -0.15) is 0 Å². The van der Waals surface area contributed by atoms with E-state index in [1.54, 1.807) is 38.5 Å². The minimum Gasteiger partial charge on any atom is -0.493 e. The second-order valence-electron chi connectivity index (χ2n) is 8.13. The van der Waals surface area contributed by atoms with E-state index in [-0.39, 0.29) is 12.0 Å². The van der Waals surface area contributed by atoms with Crippen molar-refractivity contribution in [2.45, 2.75) is 12.5 Å². The Kier molecular flexibility index (Phi) is 8.32. The molecule has 1 N–H and O–H groups in total. The fourth-order valence-corrected chi connectivity index (χ4v) is 4.93. The predicted octanol–water partition coefficient (Wildman–Crippen LogP) is 5.63. The van der Waals surface area contributed by atoms with Crippen LogP contribution in [-0.2, 0) is 11.2 Å². The van der Waals surface area contributed by atoms with Gasteiger partial charge in [0.2, 0.25) is 0 Å². The number of benzene rings is 3. The van der Waals surface area contributed by atoms with Crippen LogP contribution in [0.15, 0.2) is 65.1 Å². The minimum atomic E-state index is -0.390. The molecular weight excluding hydrogens is 544 g/mol. The van der Waals surface area contributed by atoms with Gasteiger partial charge in [-0.05, 0) is 84.4 Å². The summed E-state index contributed by atoms with van der Waals surface area (Å²) in [6, 6.07) is 18.6. The second-order valence-corrected chi connectivity index (χ2v) is 9.44. The molecule has 0 fully saturated rings. The molecule has 0 radical (unpaired) electrons. The maximum atomic E-state index is 11.8. The van der Waals surface area contributed by atoms with Crippen molar-refractivity contribution in [1.82, 2.24) is 4.90 Å². The van der Waals surface area contributed by atoms with Crippen molar-refractivity contribution in [2.24, 2.45) is 0 Å². The van der Waals surface area contributed by atoms with Gasteiger partial charge in [0.15, 0.2) is 16.6 Å². The largest absolute Gasteiger partial charge is 0.493 e.